The van der Waals surface area contributed by atoms with Crippen molar-refractivity contribution in [1.29, 1.82) is 0 Å². The number of carbonyl (C=O) groups is 2. The van der Waals surface area contributed by atoms with Crippen molar-refractivity contribution in [3.63, 3.8) is 0 Å². The molecule has 7 nitrogen and oxygen atoms in total. The molecule has 0 bridgehead atoms. The maximum Gasteiger partial charge on any atom is 0.352 e. The summed E-state index contributed by atoms with van der Waals surface area (Å²) in [5.74, 6) is -2.44. The zero-order valence-corrected chi connectivity index (χ0v) is 8.20. The first kappa shape index (κ1) is 12.6. The van der Waals surface area contributed by atoms with Crippen LogP contribution in [-0.4, -0.2) is 39.1 Å². The van der Waals surface area contributed by atoms with E-state index in [2.05, 4.69) is 9.47 Å². The van der Waals surface area contributed by atoms with E-state index >= 15 is 0 Å². The van der Waals surface area contributed by atoms with Crippen LogP contribution in [0, 0.1) is 0 Å². The molecule has 0 atom stereocenters. The van der Waals surface area contributed by atoms with Crippen molar-refractivity contribution < 1.29 is 32.0 Å². The topological polar surface area (TPSA) is 107 Å². The molecule has 0 heterocycles. The summed E-state index contributed by atoms with van der Waals surface area (Å²) in [7, 11) is -2.91. The molecule has 0 aromatic rings. The summed E-state index contributed by atoms with van der Waals surface area (Å²) in [5, 5.41) is 0. The Morgan fingerprint density at radius 3 is 2.00 bits per heavy atom. The van der Waals surface area contributed by atoms with E-state index < -0.39 is 27.0 Å². The standard InChI is InChI=1S/C6H8O7S/c1-12-5(7)3-4(6(8)13-2)14(9,10)11/h3H,1-2H3,(H,9,10,11). The van der Waals surface area contributed by atoms with Crippen molar-refractivity contribution in [1.82, 2.24) is 0 Å². The van der Waals surface area contributed by atoms with Crippen LogP contribution in [0.15, 0.2) is 11.0 Å². The molecule has 0 fully saturated rings. The van der Waals surface area contributed by atoms with Gasteiger partial charge >= 0.3 is 22.1 Å². The lowest BCUT2D eigenvalue weighted by Crippen LogP contribution is -2.16. The van der Waals surface area contributed by atoms with E-state index in [0.29, 0.717) is 6.08 Å². The third-order valence-electron chi connectivity index (χ3n) is 1.11. The fourth-order valence-electron chi connectivity index (χ4n) is 0.505. The quantitative estimate of drug-likeness (QED) is 0.376. The minimum Gasteiger partial charge on any atom is -0.466 e. The van der Waals surface area contributed by atoms with Crippen molar-refractivity contribution in [3.8, 4) is 0 Å². The fourth-order valence-corrected chi connectivity index (χ4v) is 1.04. The Morgan fingerprint density at radius 2 is 1.71 bits per heavy atom. The van der Waals surface area contributed by atoms with Gasteiger partial charge in [0.15, 0.2) is 4.91 Å². The van der Waals surface area contributed by atoms with Crippen LogP contribution in [0.1, 0.15) is 0 Å². The molecule has 0 aliphatic heterocycles. The normalized spacial score (nSPS) is 12.1. The molecular weight excluding hydrogens is 216 g/mol. The molecule has 14 heavy (non-hydrogen) atoms. The number of rotatable bonds is 3. The Labute approximate surface area is 80.1 Å². The van der Waals surface area contributed by atoms with E-state index in [9.17, 15) is 18.0 Å². The maximum absolute atomic E-state index is 10.8. The van der Waals surface area contributed by atoms with Gasteiger partial charge in [0, 0.05) is 0 Å². The van der Waals surface area contributed by atoms with E-state index in [1.807, 2.05) is 0 Å². The predicted octanol–water partition coefficient (Wildman–Crippen LogP) is -0.896. The molecule has 0 radical (unpaired) electrons. The van der Waals surface area contributed by atoms with E-state index in [1.54, 1.807) is 0 Å². The Morgan fingerprint density at radius 1 is 1.21 bits per heavy atom. The lowest BCUT2D eigenvalue weighted by Gasteiger charge is -2.00. The largest absolute Gasteiger partial charge is 0.466 e. The predicted molar refractivity (Wildman–Crippen MR) is 43.7 cm³/mol. The molecule has 0 rings (SSSR count). The molecular formula is C6H8O7S. The molecule has 1 N–H and O–H groups in total. The average molecular weight is 224 g/mol. The van der Waals surface area contributed by atoms with E-state index in [-0.39, 0.29) is 0 Å². The van der Waals surface area contributed by atoms with Crippen molar-refractivity contribution in [2.45, 2.75) is 0 Å². The smallest absolute Gasteiger partial charge is 0.352 e. The number of ether oxygens (including phenoxy) is 2. The minimum atomic E-state index is -4.80. The number of esters is 2. The highest BCUT2D eigenvalue weighted by Crippen LogP contribution is 2.06. The first-order valence-corrected chi connectivity index (χ1v) is 4.62. The van der Waals surface area contributed by atoms with Crippen LogP contribution >= 0.6 is 0 Å². The Bertz CT molecular complexity index is 364. The zero-order valence-electron chi connectivity index (χ0n) is 7.38. The molecule has 0 aliphatic rings. The Balaban J connectivity index is 5.24. The van der Waals surface area contributed by atoms with Crippen LogP contribution < -0.4 is 0 Å². The lowest BCUT2D eigenvalue weighted by molar-refractivity contribution is -0.137. The van der Waals surface area contributed by atoms with Gasteiger partial charge in [0.25, 0.3) is 0 Å². The summed E-state index contributed by atoms with van der Waals surface area (Å²) in [6, 6.07) is 0. The Kier molecular flexibility index (Phi) is 4.25. The average Bonchev–Trinajstić information content (AvgIpc) is 2.10. The molecule has 0 saturated heterocycles. The van der Waals surface area contributed by atoms with Gasteiger partial charge in [0.05, 0.1) is 20.3 Å². The van der Waals surface area contributed by atoms with Crippen LogP contribution in [0.3, 0.4) is 0 Å². The van der Waals surface area contributed by atoms with E-state index in [1.165, 1.54) is 0 Å². The highest BCUT2D eigenvalue weighted by atomic mass is 32.2. The summed E-state index contributed by atoms with van der Waals surface area (Å²) >= 11 is 0. The number of carbonyl (C=O) groups excluding carboxylic acids is 2. The molecule has 0 aliphatic carbocycles. The molecule has 0 unspecified atom stereocenters. The van der Waals surface area contributed by atoms with Gasteiger partial charge in [0.2, 0.25) is 0 Å². The summed E-state index contributed by atoms with van der Waals surface area (Å²) in [6.45, 7) is 0. The maximum atomic E-state index is 10.8. The number of methoxy groups -OCH3 is 2. The number of hydrogen-bond acceptors (Lipinski definition) is 6. The second kappa shape index (κ2) is 4.72. The van der Waals surface area contributed by atoms with Crippen molar-refractivity contribution in [3.05, 3.63) is 11.0 Å². The lowest BCUT2D eigenvalue weighted by atomic mass is 10.5. The highest BCUT2D eigenvalue weighted by molar-refractivity contribution is 7.90. The molecule has 0 aromatic heterocycles. The van der Waals surface area contributed by atoms with Crippen molar-refractivity contribution in [2.24, 2.45) is 0 Å². The summed E-state index contributed by atoms with van der Waals surface area (Å²) < 4.78 is 37.7. The highest BCUT2D eigenvalue weighted by Gasteiger charge is 2.24. The zero-order chi connectivity index (χ0) is 11.4. The monoisotopic (exact) mass is 224 g/mol. The van der Waals surface area contributed by atoms with Gasteiger partial charge in [-0.2, -0.15) is 8.42 Å². The van der Waals surface area contributed by atoms with Crippen LogP contribution in [0.25, 0.3) is 0 Å². The van der Waals surface area contributed by atoms with Gasteiger partial charge in [-0.25, -0.2) is 9.59 Å². The molecule has 0 saturated carbocycles. The SMILES string of the molecule is COC(=O)C=C(C(=O)OC)S(=O)(=O)O. The minimum absolute atomic E-state index is 0.321. The number of hydrogen-bond donors (Lipinski definition) is 1. The fraction of sp³-hybridized carbons (Fsp3) is 0.333. The van der Waals surface area contributed by atoms with Crippen molar-refractivity contribution in [2.75, 3.05) is 14.2 Å². The molecule has 0 amide bonds. The van der Waals surface area contributed by atoms with Gasteiger partial charge in [-0.15, -0.1) is 0 Å². The second-order valence-corrected chi connectivity index (χ2v) is 3.39. The molecule has 8 heteroatoms. The first-order chi connectivity index (χ1) is 6.32. The second-order valence-electron chi connectivity index (χ2n) is 2.00. The Hall–Kier alpha value is -1.41. The van der Waals surface area contributed by atoms with Gasteiger partial charge in [0.1, 0.15) is 0 Å². The van der Waals surface area contributed by atoms with Crippen molar-refractivity contribution >= 4 is 22.1 Å². The van der Waals surface area contributed by atoms with Gasteiger partial charge in [-0.3, -0.25) is 4.55 Å². The summed E-state index contributed by atoms with van der Waals surface area (Å²) in [6.07, 6.45) is 0.321. The molecule has 0 spiro atoms. The molecule has 0 aromatic carbocycles. The van der Waals surface area contributed by atoms with E-state index in [0.717, 1.165) is 14.2 Å². The van der Waals surface area contributed by atoms with Crippen LogP contribution in [-0.2, 0) is 29.2 Å². The summed E-state index contributed by atoms with van der Waals surface area (Å²) in [4.78, 5) is 20.2. The molecule has 80 valence electrons. The van der Waals surface area contributed by atoms with Gasteiger partial charge < -0.3 is 9.47 Å². The first-order valence-electron chi connectivity index (χ1n) is 3.18. The van der Waals surface area contributed by atoms with Crippen LogP contribution in [0.5, 0.6) is 0 Å². The third-order valence-corrected chi connectivity index (χ3v) is 1.95. The van der Waals surface area contributed by atoms with Crippen LogP contribution in [0.2, 0.25) is 0 Å². The van der Waals surface area contributed by atoms with Crippen LogP contribution in [0.4, 0.5) is 0 Å². The van der Waals surface area contributed by atoms with Gasteiger partial charge in [-0.1, -0.05) is 0 Å². The summed E-state index contributed by atoms with van der Waals surface area (Å²) in [5.41, 5.74) is 0. The third kappa shape index (κ3) is 3.54. The van der Waals surface area contributed by atoms with E-state index in [4.69, 9.17) is 4.55 Å². The van der Waals surface area contributed by atoms with Gasteiger partial charge in [-0.05, 0) is 0 Å².